The third-order valence-electron chi connectivity index (χ3n) is 4.57. The van der Waals surface area contributed by atoms with Gasteiger partial charge in [0.15, 0.2) is 0 Å². The molecule has 11 heteroatoms. The van der Waals surface area contributed by atoms with Crippen LogP contribution in [0.5, 0.6) is 0 Å². The minimum absolute atomic E-state index is 0.236. The van der Waals surface area contributed by atoms with Gasteiger partial charge < -0.3 is 11.1 Å². The molecule has 28 heavy (non-hydrogen) atoms. The van der Waals surface area contributed by atoms with Crippen molar-refractivity contribution < 1.29 is 19.4 Å². The first-order chi connectivity index (χ1) is 13.2. The first kappa shape index (κ1) is 19.4. The molecule has 3 N–H and O–H groups in total. The number of carbonyl (C=O) groups is 2. The lowest BCUT2D eigenvalue weighted by Crippen LogP contribution is -2.20. The molecule has 0 saturated heterocycles. The van der Waals surface area contributed by atoms with Gasteiger partial charge in [0, 0.05) is 17.0 Å². The lowest BCUT2D eigenvalue weighted by atomic mass is 9.87. The number of nitrogens with zero attached hydrogens (tertiary/aromatic N) is 2. The summed E-state index contributed by atoms with van der Waals surface area (Å²) in [5.74, 6) is -1.09. The van der Waals surface area contributed by atoms with Gasteiger partial charge in [-0.25, -0.2) is 0 Å². The SMILES string of the molecule is CC1CCc2sc(NC(=O)c3cc([N+](=O)[O-])cc([N+](=O)[O-])c3)c(C(N)=O)c2C1. The normalized spacial score (nSPS) is 15.5. The number of nitro benzene ring substituents is 2. The van der Waals surface area contributed by atoms with Crippen LogP contribution in [-0.2, 0) is 12.8 Å². The van der Waals surface area contributed by atoms with E-state index >= 15 is 0 Å². The minimum atomic E-state index is -0.816. The van der Waals surface area contributed by atoms with Crippen LogP contribution in [0.4, 0.5) is 16.4 Å². The summed E-state index contributed by atoms with van der Waals surface area (Å²) < 4.78 is 0. The van der Waals surface area contributed by atoms with Crippen molar-refractivity contribution in [2.24, 2.45) is 11.7 Å². The molecule has 3 rings (SSSR count). The largest absolute Gasteiger partial charge is 0.365 e. The highest BCUT2D eigenvalue weighted by Gasteiger charge is 2.28. The number of aryl methyl sites for hydroxylation is 1. The second-order valence-electron chi connectivity index (χ2n) is 6.63. The van der Waals surface area contributed by atoms with Gasteiger partial charge in [0.1, 0.15) is 5.00 Å². The Morgan fingerprint density at radius 2 is 1.79 bits per heavy atom. The molecule has 2 amide bonds. The topological polar surface area (TPSA) is 158 Å². The molecule has 1 aliphatic rings. The molecule has 0 spiro atoms. The Labute approximate surface area is 162 Å². The fourth-order valence-corrected chi connectivity index (χ4v) is 4.46. The zero-order valence-electron chi connectivity index (χ0n) is 14.8. The third kappa shape index (κ3) is 3.69. The highest BCUT2D eigenvalue weighted by molar-refractivity contribution is 7.17. The van der Waals surface area contributed by atoms with E-state index in [1.165, 1.54) is 11.3 Å². The standard InChI is InChI=1S/C17H16N4O6S/c1-8-2-3-13-12(4-8)14(15(18)22)17(28-13)19-16(23)9-5-10(20(24)25)7-11(6-9)21(26)27/h5-8H,2-4H2,1H3,(H2,18,22)(H,19,23). The number of hydrogen-bond donors (Lipinski definition) is 2. The number of carbonyl (C=O) groups excluding carboxylic acids is 2. The van der Waals surface area contributed by atoms with Gasteiger partial charge in [0.25, 0.3) is 23.2 Å². The highest BCUT2D eigenvalue weighted by atomic mass is 32.1. The maximum Gasteiger partial charge on any atom is 0.277 e. The van der Waals surface area contributed by atoms with Crippen molar-refractivity contribution in [3.63, 3.8) is 0 Å². The highest BCUT2D eigenvalue weighted by Crippen LogP contribution is 2.39. The number of nitrogens with one attached hydrogen (secondary N) is 1. The minimum Gasteiger partial charge on any atom is -0.365 e. The van der Waals surface area contributed by atoms with E-state index in [1.54, 1.807) is 0 Å². The average molecular weight is 404 g/mol. The molecule has 1 aromatic carbocycles. The van der Waals surface area contributed by atoms with E-state index in [9.17, 15) is 29.8 Å². The van der Waals surface area contributed by atoms with Crippen molar-refractivity contribution in [1.82, 2.24) is 0 Å². The second-order valence-corrected chi connectivity index (χ2v) is 7.73. The number of non-ortho nitro benzene ring substituents is 2. The molecule has 1 atom stereocenters. The molecule has 1 unspecified atom stereocenters. The van der Waals surface area contributed by atoms with E-state index in [0.29, 0.717) is 12.3 Å². The molecular weight excluding hydrogens is 388 g/mol. The van der Waals surface area contributed by atoms with E-state index in [1.807, 2.05) is 0 Å². The molecule has 1 aliphatic carbocycles. The number of anilines is 1. The Morgan fingerprint density at radius 1 is 1.18 bits per heavy atom. The van der Waals surface area contributed by atoms with E-state index in [-0.39, 0.29) is 16.1 Å². The zero-order chi connectivity index (χ0) is 20.6. The van der Waals surface area contributed by atoms with Crippen molar-refractivity contribution in [3.05, 3.63) is 60.0 Å². The van der Waals surface area contributed by atoms with E-state index in [2.05, 4.69) is 12.2 Å². The summed E-state index contributed by atoms with van der Waals surface area (Å²) >= 11 is 1.24. The predicted molar refractivity (Wildman–Crippen MR) is 102 cm³/mol. The number of rotatable bonds is 5. The predicted octanol–water partition coefficient (Wildman–Crippen LogP) is 3.04. The number of nitro groups is 2. The lowest BCUT2D eigenvalue weighted by Gasteiger charge is -2.18. The average Bonchev–Trinajstić information content (AvgIpc) is 2.98. The summed E-state index contributed by atoms with van der Waals surface area (Å²) in [5.41, 5.74) is 5.16. The second kappa shape index (κ2) is 7.35. The molecule has 1 heterocycles. The monoisotopic (exact) mass is 404 g/mol. The zero-order valence-corrected chi connectivity index (χ0v) is 15.6. The lowest BCUT2D eigenvalue weighted by molar-refractivity contribution is -0.394. The molecule has 0 fully saturated rings. The van der Waals surface area contributed by atoms with Gasteiger partial charge in [-0.05, 0) is 30.7 Å². The quantitative estimate of drug-likeness (QED) is 0.575. The first-order valence-corrected chi connectivity index (χ1v) is 9.18. The molecule has 0 saturated carbocycles. The number of hydrogen-bond acceptors (Lipinski definition) is 7. The van der Waals surface area contributed by atoms with Gasteiger partial charge in [-0.2, -0.15) is 0 Å². The van der Waals surface area contributed by atoms with E-state index < -0.39 is 33.0 Å². The summed E-state index contributed by atoms with van der Waals surface area (Å²) in [6.07, 6.45) is 2.39. The molecule has 10 nitrogen and oxygen atoms in total. The summed E-state index contributed by atoms with van der Waals surface area (Å²) in [6, 6.07) is 2.67. The molecule has 1 aromatic heterocycles. The Kier molecular flexibility index (Phi) is 5.10. The number of amides is 2. The number of fused-ring (bicyclic) bond motifs is 1. The Bertz CT molecular complexity index is 983. The maximum atomic E-state index is 12.6. The summed E-state index contributed by atoms with van der Waals surface area (Å²) in [7, 11) is 0. The number of nitrogens with two attached hydrogens (primary N) is 1. The van der Waals surface area contributed by atoms with Crippen LogP contribution in [0.2, 0.25) is 0 Å². The van der Waals surface area contributed by atoms with Crippen molar-refractivity contribution in [2.45, 2.75) is 26.2 Å². The van der Waals surface area contributed by atoms with Crippen LogP contribution >= 0.6 is 11.3 Å². The van der Waals surface area contributed by atoms with Crippen LogP contribution < -0.4 is 11.1 Å². The van der Waals surface area contributed by atoms with Crippen molar-refractivity contribution in [1.29, 1.82) is 0 Å². The number of thiophene rings is 1. The molecule has 146 valence electrons. The molecule has 0 radical (unpaired) electrons. The number of primary amides is 1. The van der Waals surface area contributed by atoms with E-state index in [0.717, 1.165) is 41.5 Å². The fourth-order valence-electron chi connectivity index (χ4n) is 3.22. The van der Waals surface area contributed by atoms with Crippen LogP contribution in [0.25, 0.3) is 0 Å². The smallest absolute Gasteiger partial charge is 0.277 e. The van der Waals surface area contributed by atoms with Gasteiger partial charge in [-0.1, -0.05) is 6.92 Å². The van der Waals surface area contributed by atoms with Gasteiger partial charge >= 0.3 is 0 Å². The first-order valence-electron chi connectivity index (χ1n) is 8.37. The van der Waals surface area contributed by atoms with Crippen molar-refractivity contribution in [2.75, 3.05) is 5.32 Å². The third-order valence-corrected chi connectivity index (χ3v) is 5.77. The van der Waals surface area contributed by atoms with Crippen LogP contribution in [0.1, 0.15) is 44.5 Å². The summed E-state index contributed by atoms with van der Waals surface area (Å²) in [4.78, 5) is 45.9. The Balaban J connectivity index is 1.99. The number of benzene rings is 1. The Hall–Kier alpha value is -3.34. The maximum absolute atomic E-state index is 12.6. The van der Waals surface area contributed by atoms with Gasteiger partial charge in [-0.3, -0.25) is 29.8 Å². The molecule has 2 aromatic rings. The molecule has 0 bridgehead atoms. The fraction of sp³-hybridized carbons (Fsp3) is 0.294. The van der Waals surface area contributed by atoms with E-state index in [4.69, 9.17) is 5.73 Å². The van der Waals surface area contributed by atoms with Gasteiger partial charge in [0.2, 0.25) is 0 Å². The van der Waals surface area contributed by atoms with Crippen LogP contribution in [0.15, 0.2) is 18.2 Å². The van der Waals surface area contributed by atoms with Crippen LogP contribution in [0, 0.1) is 26.1 Å². The summed E-state index contributed by atoms with van der Waals surface area (Å²) in [6.45, 7) is 2.06. The van der Waals surface area contributed by atoms with Crippen molar-refractivity contribution in [3.8, 4) is 0 Å². The van der Waals surface area contributed by atoms with Crippen LogP contribution in [0.3, 0.4) is 0 Å². The van der Waals surface area contributed by atoms with Gasteiger partial charge in [0.05, 0.1) is 27.0 Å². The summed E-state index contributed by atoms with van der Waals surface area (Å²) in [5, 5.41) is 24.8. The molecular formula is C17H16N4O6S. The molecule has 0 aliphatic heterocycles. The Morgan fingerprint density at radius 3 is 2.32 bits per heavy atom. The van der Waals surface area contributed by atoms with Crippen LogP contribution in [-0.4, -0.2) is 21.7 Å². The van der Waals surface area contributed by atoms with Gasteiger partial charge in [-0.15, -0.1) is 11.3 Å². The van der Waals surface area contributed by atoms with Crippen molar-refractivity contribution >= 4 is 39.5 Å².